The molecule has 1 aromatic carbocycles. The number of carbonyl (C=O) groups is 1. The van der Waals surface area contributed by atoms with Crippen LogP contribution in [-0.2, 0) is 4.79 Å². The maximum absolute atomic E-state index is 12.6. The fourth-order valence-corrected chi connectivity index (χ4v) is 3.20. The predicted octanol–water partition coefficient (Wildman–Crippen LogP) is 4.69. The minimum Gasteiger partial charge on any atom is -0.480 e. The van der Waals surface area contributed by atoms with Crippen LogP contribution in [0.15, 0.2) is 18.2 Å². The lowest BCUT2D eigenvalue weighted by molar-refractivity contribution is -0.129. The van der Waals surface area contributed by atoms with E-state index in [9.17, 15) is 4.79 Å². The van der Waals surface area contributed by atoms with E-state index in [1.165, 1.54) is 32.1 Å². The molecule has 1 saturated carbocycles. The minimum atomic E-state index is -0.402. The molecule has 23 heavy (non-hydrogen) atoms. The molecule has 0 unspecified atom stereocenters. The zero-order valence-electron chi connectivity index (χ0n) is 14.9. The van der Waals surface area contributed by atoms with Crippen LogP contribution in [0.5, 0.6) is 5.75 Å². The van der Waals surface area contributed by atoms with Gasteiger partial charge in [-0.3, -0.25) is 4.79 Å². The van der Waals surface area contributed by atoms with Crippen molar-refractivity contribution in [1.82, 2.24) is 5.32 Å². The third kappa shape index (κ3) is 5.56. The number of ether oxygens (including phenoxy) is 1. The van der Waals surface area contributed by atoms with Crippen molar-refractivity contribution in [2.24, 2.45) is 0 Å². The Morgan fingerprint density at radius 1 is 1.17 bits per heavy atom. The first-order chi connectivity index (χ1) is 11.1. The van der Waals surface area contributed by atoms with Crippen molar-refractivity contribution in [1.29, 1.82) is 0 Å². The summed E-state index contributed by atoms with van der Waals surface area (Å²) in [6, 6.07) is 6.45. The summed E-state index contributed by atoms with van der Waals surface area (Å²) in [4.78, 5) is 12.6. The van der Waals surface area contributed by atoms with Crippen molar-refractivity contribution < 1.29 is 9.53 Å². The van der Waals surface area contributed by atoms with Crippen molar-refractivity contribution in [2.45, 2.75) is 84.3 Å². The second-order valence-corrected chi connectivity index (χ2v) is 6.83. The first kappa shape index (κ1) is 17.8. The molecule has 0 spiro atoms. The third-order valence-corrected chi connectivity index (χ3v) is 4.73. The first-order valence-corrected chi connectivity index (χ1v) is 9.14. The molecule has 1 amide bonds. The Morgan fingerprint density at radius 2 is 1.83 bits per heavy atom. The van der Waals surface area contributed by atoms with Crippen LogP contribution in [0.3, 0.4) is 0 Å². The highest BCUT2D eigenvalue weighted by molar-refractivity contribution is 5.81. The Bertz CT molecular complexity index is 504. The number of amides is 1. The molecule has 1 fully saturated rings. The maximum atomic E-state index is 12.6. The number of carbonyl (C=O) groups excluding carboxylic acids is 1. The van der Waals surface area contributed by atoms with Crippen molar-refractivity contribution in [3.05, 3.63) is 29.3 Å². The molecular formula is C20H31NO2. The maximum Gasteiger partial charge on any atom is 0.261 e. The SMILES string of the molecule is CC[C@H](Oc1cc(C)ccc1C)C(=O)NC1CCCCCCC1. The molecule has 0 bridgehead atoms. The Balaban J connectivity index is 1.96. The van der Waals surface area contributed by atoms with Gasteiger partial charge in [0.1, 0.15) is 5.75 Å². The second kappa shape index (κ2) is 8.95. The molecule has 0 saturated heterocycles. The van der Waals surface area contributed by atoms with Gasteiger partial charge in [0.15, 0.2) is 6.10 Å². The molecule has 1 atom stereocenters. The summed E-state index contributed by atoms with van der Waals surface area (Å²) >= 11 is 0. The normalized spacial score (nSPS) is 17.9. The zero-order valence-corrected chi connectivity index (χ0v) is 14.9. The van der Waals surface area contributed by atoms with Crippen molar-refractivity contribution in [2.75, 3.05) is 0 Å². The number of rotatable bonds is 5. The average Bonchev–Trinajstić information content (AvgIpc) is 2.50. The van der Waals surface area contributed by atoms with E-state index in [0.29, 0.717) is 12.5 Å². The number of aryl methyl sites for hydroxylation is 2. The lowest BCUT2D eigenvalue weighted by atomic mass is 9.96. The Morgan fingerprint density at radius 3 is 2.48 bits per heavy atom. The molecule has 1 aromatic rings. The standard InChI is InChI=1S/C20H31NO2/c1-4-18(23-19-14-15(2)12-13-16(19)3)20(22)21-17-10-8-6-5-7-9-11-17/h12-14,17-18H,4-11H2,1-3H3,(H,21,22)/t18-/m0/s1. The molecule has 128 valence electrons. The smallest absolute Gasteiger partial charge is 0.261 e. The topological polar surface area (TPSA) is 38.3 Å². The van der Waals surface area contributed by atoms with Crippen molar-refractivity contribution in [3.63, 3.8) is 0 Å². The van der Waals surface area contributed by atoms with Gasteiger partial charge in [0.2, 0.25) is 0 Å². The Hall–Kier alpha value is -1.51. The van der Waals surface area contributed by atoms with E-state index in [1.807, 2.05) is 32.9 Å². The molecule has 0 aliphatic heterocycles. The van der Waals surface area contributed by atoms with Crippen LogP contribution in [0, 0.1) is 13.8 Å². The van der Waals surface area contributed by atoms with Gasteiger partial charge in [-0.1, -0.05) is 51.2 Å². The molecule has 1 N–H and O–H groups in total. The molecule has 1 aliphatic rings. The highest BCUT2D eigenvalue weighted by atomic mass is 16.5. The van der Waals surface area contributed by atoms with Gasteiger partial charge in [-0.15, -0.1) is 0 Å². The second-order valence-electron chi connectivity index (χ2n) is 6.83. The number of hydrogen-bond acceptors (Lipinski definition) is 2. The van der Waals surface area contributed by atoms with Crippen LogP contribution in [0.25, 0.3) is 0 Å². The minimum absolute atomic E-state index is 0.0407. The van der Waals surface area contributed by atoms with Gasteiger partial charge in [-0.25, -0.2) is 0 Å². The van der Waals surface area contributed by atoms with Gasteiger partial charge in [-0.2, -0.15) is 0 Å². The van der Waals surface area contributed by atoms with E-state index in [4.69, 9.17) is 4.74 Å². The summed E-state index contributed by atoms with van der Waals surface area (Å²) in [6.45, 7) is 6.07. The molecule has 0 aromatic heterocycles. The summed E-state index contributed by atoms with van der Waals surface area (Å²) in [5.74, 6) is 0.864. The molecule has 2 rings (SSSR count). The van der Waals surface area contributed by atoms with E-state index in [0.717, 1.165) is 29.7 Å². The summed E-state index contributed by atoms with van der Waals surface area (Å²) in [6.07, 6.45) is 8.86. The van der Waals surface area contributed by atoms with Gasteiger partial charge in [0.05, 0.1) is 0 Å². The van der Waals surface area contributed by atoms with Gasteiger partial charge >= 0.3 is 0 Å². The number of hydrogen-bond donors (Lipinski definition) is 1. The highest BCUT2D eigenvalue weighted by Crippen LogP contribution is 2.22. The third-order valence-electron chi connectivity index (χ3n) is 4.73. The van der Waals surface area contributed by atoms with Crippen LogP contribution in [-0.4, -0.2) is 18.1 Å². The molecule has 3 heteroatoms. The molecule has 0 radical (unpaired) electrons. The summed E-state index contributed by atoms with van der Waals surface area (Å²) in [5.41, 5.74) is 2.23. The van der Waals surface area contributed by atoms with Gasteiger partial charge < -0.3 is 10.1 Å². The lowest BCUT2D eigenvalue weighted by Crippen LogP contribution is -2.43. The highest BCUT2D eigenvalue weighted by Gasteiger charge is 2.22. The molecule has 3 nitrogen and oxygen atoms in total. The van der Waals surface area contributed by atoms with E-state index >= 15 is 0 Å². The van der Waals surface area contributed by atoms with Crippen LogP contribution >= 0.6 is 0 Å². The fourth-order valence-electron chi connectivity index (χ4n) is 3.20. The van der Waals surface area contributed by atoms with E-state index < -0.39 is 6.10 Å². The average molecular weight is 317 g/mol. The van der Waals surface area contributed by atoms with E-state index in [1.54, 1.807) is 0 Å². The van der Waals surface area contributed by atoms with Gasteiger partial charge in [0, 0.05) is 6.04 Å². The van der Waals surface area contributed by atoms with Crippen molar-refractivity contribution in [3.8, 4) is 5.75 Å². The quantitative estimate of drug-likeness (QED) is 0.855. The molecule has 0 heterocycles. The fraction of sp³-hybridized carbons (Fsp3) is 0.650. The van der Waals surface area contributed by atoms with Crippen molar-refractivity contribution >= 4 is 5.91 Å². The van der Waals surface area contributed by atoms with E-state index in [2.05, 4.69) is 11.4 Å². The molecular weight excluding hydrogens is 286 g/mol. The van der Waals surface area contributed by atoms with Gasteiger partial charge in [-0.05, 0) is 50.3 Å². The molecule has 1 aliphatic carbocycles. The van der Waals surface area contributed by atoms with Crippen LogP contribution < -0.4 is 10.1 Å². The first-order valence-electron chi connectivity index (χ1n) is 9.14. The summed E-state index contributed by atoms with van der Waals surface area (Å²) < 4.78 is 6.02. The number of benzene rings is 1. The van der Waals surface area contributed by atoms with E-state index in [-0.39, 0.29) is 5.91 Å². The largest absolute Gasteiger partial charge is 0.480 e. The Labute approximate surface area is 140 Å². The zero-order chi connectivity index (χ0) is 16.7. The van der Waals surface area contributed by atoms with Crippen LogP contribution in [0.1, 0.15) is 69.4 Å². The predicted molar refractivity (Wildman–Crippen MR) is 94.9 cm³/mol. The number of nitrogens with one attached hydrogen (secondary N) is 1. The van der Waals surface area contributed by atoms with Crippen LogP contribution in [0.2, 0.25) is 0 Å². The van der Waals surface area contributed by atoms with Crippen LogP contribution in [0.4, 0.5) is 0 Å². The summed E-state index contributed by atoms with van der Waals surface area (Å²) in [5, 5.41) is 3.23. The summed E-state index contributed by atoms with van der Waals surface area (Å²) in [7, 11) is 0. The monoisotopic (exact) mass is 317 g/mol. The Kier molecular flexibility index (Phi) is 6.94. The van der Waals surface area contributed by atoms with Gasteiger partial charge in [0.25, 0.3) is 5.91 Å². The lowest BCUT2D eigenvalue weighted by Gasteiger charge is -2.24.